The summed E-state index contributed by atoms with van der Waals surface area (Å²) < 4.78 is 0. The van der Waals surface area contributed by atoms with Crippen LogP contribution in [0.15, 0.2) is 53.7 Å². The van der Waals surface area contributed by atoms with Crippen LogP contribution in [0.3, 0.4) is 0 Å². The van der Waals surface area contributed by atoms with Crippen molar-refractivity contribution in [2.24, 2.45) is 0 Å². The van der Waals surface area contributed by atoms with Crippen molar-refractivity contribution in [3.05, 3.63) is 54.4 Å². The monoisotopic (exact) mass is 289 g/mol. The third-order valence-electron chi connectivity index (χ3n) is 2.50. The van der Waals surface area contributed by atoms with E-state index in [0.717, 1.165) is 11.3 Å². The Morgan fingerprint density at radius 2 is 2.21 bits per heavy atom. The summed E-state index contributed by atoms with van der Waals surface area (Å²) in [7, 11) is 0. The lowest BCUT2D eigenvalue weighted by Gasteiger charge is -2.11. The third kappa shape index (κ3) is 4.54. The first-order valence-corrected chi connectivity index (χ1v) is 7.49. The minimum atomic E-state index is 0.613. The average Bonchev–Trinajstić information content (AvgIpc) is 2.46. The van der Waals surface area contributed by atoms with Gasteiger partial charge in [0.1, 0.15) is 0 Å². The molecule has 0 aliphatic heterocycles. The number of nitrogens with zero attached hydrogens (tertiary/aromatic N) is 1. The van der Waals surface area contributed by atoms with Crippen LogP contribution in [0.25, 0.3) is 0 Å². The molecule has 0 radical (unpaired) electrons. The Kier molecular flexibility index (Phi) is 5.18. The van der Waals surface area contributed by atoms with Gasteiger partial charge in [0, 0.05) is 29.5 Å². The molecule has 0 spiro atoms. The molecule has 3 nitrogen and oxygen atoms in total. The summed E-state index contributed by atoms with van der Waals surface area (Å²) in [5.41, 5.74) is 2.10. The van der Waals surface area contributed by atoms with E-state index in [1.54, 1.807) is 18.0 Å². The van der Waals surface area contributed by atoms with Crippen molar-refractivity contribution >= 4 is 34.8 Å². The molecule has 1 aromatic heterocycles. The maximum atomic E-state index is 5.27. The zero-order chi connectivity index (χ0) is 13.5. The Morgan fingerprint density at radius 3 is 2.95 bits per heavy atom. The quantitative estimate of drug-likeness (QED) is 0.667. The number of thioether (sulfide) groups is 1. The zero-order valence-corrected chi connectivity index (χ0v) is 12.2. The fraction of sp³-hybridized carbons (Fsp3) is 0.143. The van der Waals surface area contributed by atoms with Gasteiger partial charge in [0.15, 0.2) is 5.11 Å². The first kappa shape index (κ1) is 13.8. The lowest BCUT2D eigenvalue weighted by Crippen LogP contribution is -2.27. The molecule has 0 saturated heterocycles. The Morgan fingerprint density at radius 1 is 1.32 bits per heavy atom. The summed E-state index contributed by atoms with van der Waals surface area (Å²) in [4.78, 5) is 5.27. The van der Waals surface area contributed by atoms with Gasteiger partial charge in [-0.05, 0) is 48.3 Å². The average molecular weight is 289 g/mol. The number of nitrogens with one attached hydrogen (secondary N) is 2. The minimum Gasteiger partial charge on any atom is -0.358 e. The lowest BCUT2D eigenvalue weighted by atomic mass is 10.3. The molecular formula is C14H15N3S2. The van der Waals surface area contributed by atoms with Gasteiger partial charge in [-0.25, -0.2) is 0 Å². The highest BCUT2D eigenvalue weighted by Crippen LogP contribution is 2.18. The molecule has 2 N–H and O–H groups in total. The molecule has 19 heavy (non-hydrogen) atoms. The molecule has 2 rings (SSSR count). The molecule has 0 amide bonds. The SMILES string of the molecule is CSc1cccc(NC(=S)NCc2cccnc2)c1. The molecule has 98 valence electrons. The van der Waals surface area contributed by atoms with Crippen LogP contribution in [0, 0.1) is 0 Å². The molecule has 1 aromatic carbocycles. The summed E-state index contributed by atoms with van der Waals surface area (Å²) in [5, 5.41) is 6.94. The van der Waals surface area contributed by atoms with Crippen molar-refractivity contribution in [1.29, 1.82) is 0 Å². The molecule has 2 aromatic rings. The van der Waals surface area contributed by atoms with E-state index in [2.05, 4.69) is 34.0 Å². The van der Waals surface area contributed by atoms with E-state index in [9.17, 15) is 0 Å². The van der Waals surface area contributed by atoms with E-state index in [4.69, 9.17) is 12.2 Å². The topological polar surface area (TPSA) is 37.0 Å². The van der Waals surface area contributed by atoms with Crippen molar-refractivity contribution in [2.75, 3.05) is 11.6 Å². The highest BCUT2D eigenvalue weighted by Gasteiger charge is 1.99. The largest absolute Gasteiger partial charge is 0.358 e. The van der Waals surface area contributed by atoms with E-state index >= 15 is 0 Å². The predicted molar refractivity (Wildman–Crippen MR) is 85.5 cm³/mol. The smallest absolute Gasteiger partial charge is 0.171 e. The van der Waals surface area contributed by atoms with Gasteiger partial charge in [-0.2, -0.15) is 0 Å². The minimum absolute atomic E-state index is 0.613. The van der Waals surface area contributed by atoms with E-state index in [1.807, 2.05) is 30.5 Å². The van der Waals surface area contributed by atoms with Gasteiger partial charge in [0.25, 0.3) is 0 Å². The first-order valence-electron chi connectivity index (χ1n) is 5.86. The van der Waals surface area contributed by atoms with E-state index in [0.29, 0.717) is 11.7 Å². The fourth-order valence-electron chi connectivity index (χ4n) is 1.56. The van der Waals surface area contributed by atoms with Crippen LogP contribution >= 0.6 is 24.0 Å². The maximum absolute atomic E-state index is 5.27. The Balaban J connectivity index is 1.87. The van der Waals surface area contributed by atoms with Crippen molar-refractivity contribution in [2.45, 2.75) is 11.4 Å². The number of hydrogen-bond donors (Lipinski definition) is 2. The molecule has 5 heteroatoms. The summed E-state index contributed by atoms with van der Waals surface area (Å²) in [6.07, 6.45) is 5.63. The lowest BCUT2D eigenvalue weighted by molar-refractivity contribution is 0.916. The Hall–Kier alpha value is -1.59. The summed E-state index contributed by atoms with van der Waals surface area (Å²) in [6, 6.07) is 12.1. The number of aromatic nitrogens is 1. The standard InChI is InChI=1S/C14H15N3S2/c1-19-13-6-2-5-12(8-13)17-14(18)16-10-11-4-3-7-15-9-11/h2-9H,10H2,1H3,(H2,16,17,18). The number of rotatable bonds is 4. The van der Waals surface area contributed by atoms with Crippen molar-refractivity contribution in [3.63, 3.8) is 0 Å². The van der Waals surface area contributed by atoms with Gasteiger partial charge in [-0.1, -0.05) is 12.1 Å². The molecule has 0 aliphatic rings. The van der Waals surface area contributed by atoms with Gasteiger partial charge in [0.2, 0.25) is 0 Å². The normalized spacial score (nSPS) is 9.95. The number of benzene rings is 1. The summed E-state index contributed by atoms with van der Waals surface area (Å²) in [6.45, 7) is 0.669. The number of anilines is 1. The Labute approximate surface area is 122 Å². The van der Waals surface area contributed by atoms with Gasteiger partial charge in [-0.3, -0.25) is 4.98 Å². The maximum Gasteiger partial charge on any atom is 0.171 e. The van der Waals surface area contributed by atoms with Gasteiger partial charge in [-0.15, -0.1) is 11.8 Å². The van der Waals surface area contributed by atoms with Crippen LogP contribution < -0.4 is 10.6 Å². The van der Waals surface area contributed by atoms with Crippen molar-refractivity contribution in [3.8, 4) is 0 Å². The zero-order valence-electron chi connectivity index (χ0n) is 10.6. The first-order chi connectivity index (χ1) is 9.28. The van der Waals surface area contributed by atoms with Crippen molar-refractivity contribution < 1.29 is 0 Å². The van der Waals surface area contributed by atoms with Crippen LogP contribution in [0.2, 0.25) is 0 Å². The Bertz CT molecular complexity index is 543. The van der Waals surface area contributed by atoms with Gasteiger partial charge in [0.05, 0.1) is 0 Å². The predicted octanol–water partition coefficient (Wildman–Crippen LogP) is 3.29. The van der Waals surface area contributed by atoms with Gasteiger partial charge >= 0.3 is 0 Å². The number of pyridine rings is 1. The highest BCUT2D eigenvalue weighted by molar-refractivity contribution is 7.98. The molecule has 0 fully saturated rings. The van der Waals surface area contributed by atoms with Crippen LogP contribution in [0.1, 0.15) is 5.56 Å². The molecule has 0 atom stereocenters. The van der Waals surface area contributed by atoms with Crippen LogP contribution in [-0.2, 0) is 6.54 Å². The second kappa shape index (κ2) is 7.11. The van der Waals surface area contributed by atoms with E-state index in [1.165, 1.54) is 4.90 Å². The van der Waals surface area contributed by atoms with Crippen molar-refractivity contribution in [1.82, 2.24) is 10.3 Å². The van der Waals surface area contributed by atoms with E-state index < -0.39 is 0 Å². The fourth-order valence-corrected chi connectivity index (χ4v) is 2.21. The van der Waals surface area contributed by atoms with E-state index in [-0.39, 0.29) is 0 Å². The molecule has 0 bridgehead atoms. The van der Waals surface area contributed by atoms with Crippen LogP contribution in [0.4, 0.5) is 5.69 Å². The summed E-state index contributed by atoms with van der Waals surface area (Å²) in [5.74, 6) is 0. The molecular weight excluding hydrogens is 274 g/mol. The van der Waals surface area contributed by atoms with Crippen LogP contribution in [-0.4, -0.2) is 16.4 Å². The molecule has 0 unspecified atom stereocenters. The number of thiocarbonyl (C=S) groups is 1. The second-order valence-corrected chi connectivity index (χ2v) is 5.19. The number of hydrogen-bond acceptors (Lipinski definition) is 3. The third-order valence-corrected chi connectivity index (χ3v) is 3.48. The second-order valence-electron chi connectivity index (χ2n) is 3.90. The summed E-state index contributed by atoms with van der Waals surface area (Å²) >= 11 is 6.97. The molecule has 1 heterocycles. The van der Waals surface area contributed by atoms with Crippen LogP contribution in [0.5, 0.6) is 0 Å². The highest BCUT2D eigenvalue weighted by atomic mass is 32.2. The molecule has 0 saturated carbocycles. The van der Waals surface area contributed by atoms with Gasteiger partial charge < -0.3 is 10.6 Å². The molecule has 0 aliphatic carbocycles.